The molecule has 1 aromatic heterocycles. The molecule has 2 rings (SSSR count). The molecule has 2 aromatic rings. The van der Waals surface area contributed by atoms with Gasteiger partial charge in [-0.25, -0.2) is 0 Å². The van der Waals surface area contributed by atoms with Gasteiger partial charge in [0.2, 0.25) is 0 Å². The number of aryl methyl sites for hydroxylation is 1. The van der Waals surface area contributed by atoms with Crippen molar-refractivity contribution < 1.29 is 9.32 Å². The number of carbonyl (C=O) groups excluding carboxylic acids is 1. The van der Waals surface area contributed by atoms with Crippen molar-refractivity contribution >= 4 is 17.3 Å². The molecule has 0 aliphatic rings. The lowest BCUT2D eigenvalue weighted by Gasteiger charge is -2.18. The van der Waals surface area contributed by atoms with Crippen LogP contribution in [0, 0.1) is 6.92 Å². The van der Waals surface area contributed by atoms with E-state index in [1.807, 2.05) is 12.1 Å². The molecule has 1 aromatic carbocycles. The van der Waals surface area contributed by atoms with Gasteiger partial charge in [0, 0.05) is 7.05 Å². The zero-order valence-corrected chi connectivity index (χ0v) is 9.68. The van der Waals surface area contributed by atoms with Crippen LogP contribution < -0.4 is 10.6 Å². The average Bonchev–Trinajstić information content (AvgIpc) is 2.74. The van der Waals surface area contributed by atoms with Gasteiger partial charge >= 0.3 is 0 Å². The first-order valence-corrected chi connectivity index (χ1v) is 5.15. The van der Waals surface area contributed by atoms with Crippen LogP contribution in [-0.4, -0.2) is 18.1 Å². The lowest BCUT2D eigenvalue weighted by atomic mass is 10.2. The summed E-state index contributed by atoms with van der Waals surface area (Å²) in [6.45, 7) is 1.70. The van der Waals surface area contributed by atoms with Crippen molar-refractivity contribution in [2.45, 2.75) is 6.92 Å². The lowest BCUT2D eigenvalue weighted by molar-refractivity contribution is 0.0991. The number of para-hydroxylation sites is 2. The number of nitrogens with zero attached hydrogens (tertiary/aromatic N) is 2. The number of benzene rings is 1. The van der Waals surface area contributed by atoms with Crippen molar-refractivity contribution in [1.29, 1.82) is 0 Å². The Labute approximate surface area is 98.8 Å². The van der Waals surface area contributed by atoms with E-state index in [1.165, 1.54) is 11.1 Å². The normalized spacial score (nSPS) is 10.2. The van der Waals surface area contributed by atoms with Gasteiger partial charge in [0.1, 0.15) is 11.3 Å². The number of hydrogen-bond donors (Lipinski definition) is 1. The van der Waals surface area contributed by atoms with E-state index in [-0.39, 0.29) is 5.91 Å². The topological polar surface area (TPSA) is 72.4 Å². The zero-order valence-electron chi connectivity index (χ0n) is 9.68. The lowest BCUT2D eigenvalue weighted by Crippen LogP contribution is -2.27. The van der Waals surface area contributed by atoms with E-state index in [0.29, 0.717) is 22.7 Å². The Morgan fingerprint density at radius 3 is 2.71 bits per heavy atom. The molecule has 0 atom stereocenters. The third kappa shape index (κ3) is 1.99. The molecule has 17 heavy (non-hydrogen) atoms. The van der Waals surface area contributed by atoms with E-state index in [1.54, 1.807) is 26.1 Å². The summed E-state index contributed by atoms with van der Waals surface area (Å²) < 4.78 is 4.87. The van der Waals surface area contributed by atoms with Crippen LogP contribution >= 0.6 is 0 Å². The third-order valence-electron chi connectivity index (χ3n) is 2.58. The molecule has 1 amide bonds. The number of carbonyl (C=O) groups is 1. The minimum Gasteiger partial charge on any atom is -0.397 e. The Balaban J connectivity index is 2.33. The summed E-state index contributed by atoms with van der Waals surface area (Å²) in [6.07, 6.45) is 1.41. The molecule has 0 bridgehead atoms. The quantitative estimate of drug-likeness (QED) is 0.800. The van der Waals surface area contributed by atoms with Crippen LogP contribution in [0.2, 0.25) is 0 Å². The van der Waals surface area contributed by atoms with E-state index < -0.39 is 0 Å². The van der Waals surface area contributed by atoms with Gasteiger partial charge in [0.15, 0.2) is 0 Å². The highest BCUT2D eigenvalue weighted by Gasteiger charge is 2.19. The van der Waals surface area contributed by atoms with Crippen molar-refractivity contribution in [2.75, 3.05) is 17.7 Å². The summed E-state index contributed by atoms with van der Waals surface area (Å²) >= 11 is 0. The number of aromatic nitrogens is 1. The summed E-state index contributed by atoms with van der Waals surface area (Å²) in [5.41, 5.74) is 7.48. The molecule has 2 N–H and O–H groups in total. The van der Waals surface area contributed by atoms with Gasteiger partial charge in [-0.1, -0.05) is 17.3 Å². The van der Waals surface area contributed by atoms with E-state index in [4.69, 9.17) is 10.3 Å². The van der Waals surface area contributed by atoms with Crippen LogP contribution in [0.1, 0.15) is 16.1 Å². The number of hydrogen-bond acceptors (Lipinski definition) is 4. The number of nitrogen functional groups attached to an aromatic ring is 1. The Bertz CT molecular complexity index is 548. The van der Waals surface area contributed by atoms with Crippen LogP contribution in [0.4, 0.5) is 11.4 Å². The van der Waals surface area contributed by atoms with E-state index in [2.05, 4.69) is 5.16 Å². The van der Waals surface area contributed by atoms with Crippen molar-refractivity contribution in [3.63, 3.8) is 0 Å². The van der Waals surface area contributed by atoms with Gasteiger partial charge < -0.3 is 15.2 Å². The van der Waals surface area contributed by atoms with Crippen molar-refractivity contribution in [3.8, 4) is 0 Å². The second-order valence-electron chi connectivity index (χ2n) is 3.72. The molecule has 0 radical (unpaired) electrons. The maximum absolute atomic E-state index is 12.1. The largest absolute Gasteiger partial charge is 0.397 e. The Morgan fingerprint density at radius 2 is 2.12 bits per heavy atom. The van der Waals surface area contributed by atoms with Gasteiger partial charge in [-0.15, -0.1) is 0 Å². The second-order valence-corrected chi connectivity index (χ2v) is 3.72. The third-order valence-corrected chi connectivity index (χ3v) is 2.58. The second kappa shape index (κ2) is 4.29. The standard InChI is InChI=1S/C12H13N3O2/c1-8-9(7-14-17-8)12(16)15(2)11-6-4-3-5-10(11)13/h3-7H,13H2,1-2H3. The summed E-state index contributed by atoms with van der Waals surface area (Å²) in [4.78, 5) is 13.6. The first kappa shape index (κ1) is 11.2. The van der Waals surface area contributed by atoms with Crippen molar-refractivity contribution in [1.82, 2.24) is 5.16 Å². The highest BCUT2D eigenvalue weighted by Crippen LogP contribution is 2.23. The highest BCUT2D eigenvalue weighted by atomic mass is 16.5. The van der Waals surface area contributed by atoms with Crippen LogP contribution in [-0.2, 0) is 0 Å². The van der Waals surface area contributed by atoms with Crippen molar-refractivity contribution in [2.24, 2.45) is 0 Å². The molecular weight excluding hydrogens is 218 g/mol. The van der Waals surface area contributed by atoms with Gasteiger partial charge in [-0.2, -0.15) is 0 Å². The molecule has 88 valence electrons. The van der Waals surface area contributed by atoms with Gasteiger partial charge in [0.25, 0.3) is 5.91 Å². The van der Waals surface area contributed by atoms with Crippen LogP contribution in [0.3, 0.4) is 0 Å². The summed E-state index contributed by atoms with van der Waals surface area (Å²) in [5.74, 6) is 0.304. The fourth-order valence-corrected chi connectivity index (χ4v) is 1.59. The molecule has 0 fully saturated rings. The molecule has 0 spiro atoms. The molecule has 0 unspecified atom stereocenters. The molecule has 0 aliphatic heterocycles. The highest BCUT2D eigenvalue weighted by molar-refractivity contribution is 6.07. The van der Waals surface area contributed by atoms with Crippen LogP contribution in [0.25, 0.3) is 0 Å². The molecule has 5 nitrogen and oxygen atoms in total. The van der Waals surface area contributed by atoms with Crippen LogP contribution in [0.5, 0.6) is 0 Å². The predicted octanol–water partition coefficient (Wildman–Crippen LogP) is 1.84. The fraction of sp³-hybridized carbons (Fsp3) is 0.167. The first-order chi connectivity index (χ1) is 8.11. The number of nitrogens with two attached hydrogens (primary N) is 1. The maximum Gasteiger partial charge on any atom is 0.263 e. The van der Waals surface area contributed by atoms with E-state index in [9.17, 15) is 4.79 Å². The Morgan fingerprint density at radius 1 is 1.41 bits per heavy atom. The molecule has 1 heterocycles. The van der Waals surface area contributed by atoms with E-state index in [0.717, 1.165) is 0 Å². The molecular formula is C12H13N3O2. The van der Waals surface area contributed by atoms with Crippen LogP contribution in [0.15, 0.2) is 35.0 Å². The van der Waals surface area contributed by atoms with E-state index >= 15 is 0 Å². The predicted molar refractivity (Wildman–Crippen MR) is 64.8 cm³/mol. The molecule has 0 saturated heterocycles. The smallest absolute Gasteiger partial charge is 0.263 e. The fourth-order valence-electron chi connectivity index (χ4n) is 1.59. The Hall–Kier alpha value is -2.30. The van der Waals surface area contributed by atoms with Gasteiger partial charge in [-0.05, 0) is 19.1 Å². The maximum atomic E-state index is 12.1. The molecule has 0 saturated carbocycles. The summed E-state index contributed by atoms with van der Waals surface area (Å²) in [6, 6.07) is 7.19. The minimum atomic E-state index is -0.193. The monoisotopic (exact) mass is 231 g/mol. The van der Waals surface area contributed by atoms with Gasteiger partial charge in [0.05, 0.1) is 17.6 Å². The Kier molecular flexibility index (Phi) is 2.82. The SMILES string of the molecule is Cc1oncc1C(=O)N(C)c1ccccc1N. The average molecular weight is 231 g/mol. The first-order valence-electron chi connectivity index (χ1n) is 5.15. The minimum absolute atomic E-state index is 0.193. The molecule has 0 aliphatic carbocycles. The van der Waals surface area contributed by atoms with Crippen molar-refractivity contribution in [3.05, 3.63) is 41.8 Å². The number of amides is 1. The summed E-state index contributed by atoms with van der Waals surface area (Å²) in [7, 11) is 1.67. The van der Waals surface area contributed by atoms with Gasteiger partial charge in [-0.3, -0.25) is 4.79 Å². The number of anilines is 2. The molecule has 5 heteroatoms. The zero-order chi connectivity index (χ0) is 12.4. The number of rotatable bonds is 2. The summed E-state index contributed by atoms with van der Waals surface area (Å²) in [5, 5.41) is 3.59.